The summed E-state index contributed by atoms with van der Waals surface area (Å²) in [5.41, 5.74) is 8.12. The zero-order chi connectivity index (χ0) is 70.9. The van der Waals surface area contributed by atoms with Crippen LogP contribution in [0.15, 0.2) is 59.1 Å². The van der Waals surface area contributed by atoms with E-state index in [0.717, 1.165) is 203 Å². The molecule has 2 bridgehead atoms. The van der Waals surface area contributed by atoms with Gasteiger partial charge in [0.2, 0.25) is 11.8 Å². The van der Waals surface area contributed by atoms with E-state index in [1.54, 1.807) is 61.8 Å². The van der Waals surface area contributed by atoms with Crippen LogP contribution in [0, 0.1) is 50.7 Å². The summed E-state index contributed by atoms with van der Waals surface area (Å²) in [5, 5.41) is 6.90. The highest BCUT2D eigenvalue weighted by molar-refractivity contribution is 6.04. The summed E-state index contributed by atoms with van der Waals surface area (Å²) in [6.45, 7) is 24.1. The molecule has 1 aromatic heterocycles. The van der Waals surface area contributed by atoms with Gasteiger partial charge in [0.15, 0.2) is 12.4 Å². The number of nitrogens with zero attached hydrogens (tertiary/aromatic N) is 10. The Hall–Kier alpha value is -7.85. The maximum Gasteiger partial charge on any atom is 0.410 e. The molecule has 22 nitrogen and oxygen atoms in total. The fourth-order valence-corrected chi connectivity index (χ4v) is 18.8. The summed E-state index contributed by atoms with van der Waals surface area (Å²) in [7, 11) is 0. The van der Waals surface area contributed by atoms with Crippen molar-refractivity contribution in [2.24, 2.45) is 5.92 Å². The van der Waals surface area contributed by atoms with E-state index in [9.17, 15) is 37.5 Å². The van der Waals surface area contributed by atoms with Crippen molar-refractivity contribution in [1.29, 1.82) is 0 Å². The van der Waals surface area contributed by atoms with Crippen molar-refractivity contribution < 1.29 is 61.0 Å². The van der Waals surface area contributed by atoms with Crippen LogP contribution in [0.1, 0.15) is 151 Å². The highest BCUT2D eigenvalue weighted by atomic mass is 19.1. The van der Waals surface area contributed by atoms with Crippen LogP contribution in [0.3, 0.4) is 0 Å². The Bertz CT molecular complexity index is 3710. The first-order chi connectivity index (χ1) is 48.7. The summed E-state index contributed by atoms with van der Waals surface area (Å²) >= 11 is 0. The van der Waals surface area contributed by atoms with Gasteiger partial charge in [-0.05, 0) is 222 Å². The lowest BCUT2D eigenvalue weighted by molar-refractivity contribution is -0.117. The molecule has 8 saturated heterocycles. The van der Waals surface area contributed by atoms with Gasteiger partial charge in [0.1, 0.15) is 29.1 Å². The van der Waals surface area contributed by atoms with Gasteiger partial charge in [0.05, 0.1) is 19.8 Å². The van der Waals surface area contributed by atoms with E-state index in [1.807, 2.05) is 26.5 Å². The van der Waals surface area contributed by atoms with E-state index in [2.05, 4.69) is 56.2 Å². The number of carbonyl (C=O) groups excluding carboxylic acids is 6. The highest BCUT2D eigenvalue weighted by Crippen LogP contribution is 2.52. The van der Waals surface area contributed by atoms with E-state index in [1.165, 1.54) is 23.3 Å². The minimum absolute atomic E-state index is 0.0212. The van der Waals surface area contributed by atoms with Gasteiger partial charge in [-0.1, -0.05) is 28.8 Å². The Kier molecular flexibility index (Phi) is 21.4. The lowest BCUT2D eigenvalue weighted by Gasteiger charge is -2.47. The average molecular weight is 1390 g/mol. The molecule has 24 heteroatoms. The topological polar surface area (TPSA) is 207 Å². The fraction of sp³-hybridized carbons (Fsp3) is 0.623. The number of piperidine rings is 6. The predicted molar refractivity (Wildman–Crippen MR) is 378 cm³/mol. The number of aryl methyl sites for hydroxylation is 3. The number of ether oxygens (including phenoxy) is 4. The van der Waals surface area contributed by atoms with Crippen LogP contribution in [0.4, 0.5) is 50.7 Å². The molecule has 2 unspecified atom stereocenters. The number of nitrogens with one attached hydrogen (secondary N) is 1. The van der Waals surface area contributed by atoms with Gasteiger partial charge in [0, 0.05) is 130 Å². The number of halogens is 2. The molecule has 0 aliphatic carbocycles. The molecule has 11 aliphatic heterocycles. The third-order valence-corrected chi connectivity index (χ3v) is 24.4. The molecule has 1 N–H and O–H groups in total. The van der Waals surface area contributed by atoms with Crippen molar-refractivity contribution in [3.05, 3.63) is 99.9 Å². The number of anilines is 4. The van der Waals surface area contributed by atoms with Crippen LogP contribution >= 0.6 is 0 Å². The number of likely N-dealkylation sites (tertiary alicyclic amines) is 5. The van der Waals surface area contributed by atoms with Crippen molar-refractivity contribution in [2.45, 2.75) is 184 Å². The van der Waals surface area contributed by atoms with Crippen LogP contribution in [0.2, 0.25) is 0 Å². The third kappa shape index (κ3) is 14.9. The van der Waals surface area contributed by atoms with Crippen molar-refractivity contribution in [3.63, 3.8) is 0 Å². The van der Waals surface area contributed by atoms with Crippen molar-refractivity contribution >= 4 is 58.9 Å². The maximum absolute atomic E-state index is 14.5. The molecule has 3 atom stereocenters. The Morgan fingerprint density at radius 1 is 0.604 bits per heavy atom. The quantitative estimate of drug-likeness (QED) is 0.129. The normalized spacial score (nSPS) is 24.5. The van der Waals surface area contributed by atoms with E-state index in [0.29, 0.717) is 68.1 Å². The molecule has 0 radical (unpaired) electrons. The first-order valence-electron chi connectivity index (χ1n) is 37.0. The molecule has 8 fully saturated rings. The first-order valence-corrected chi connectivity index (χ1v) is 37.0. The largest absolute Gasteiger partial charge is 0.450 e. The van der Waals surface area contributed by atoms with Gasteiger partial charge < -0.3 is 68.0 Å². The second-order valence-electron chi connectivity index (χ2n) is 30.4. The zero-order valence-electron chi connectivity index (χ0n) is 59.8. The molecular weight excluding hydrogens is 1290 g/mol. The summed E-state index contributed by atoms with van der Waals surface area (Å²) in [5.74, 6) is 3.11. The predicted octanol–water partition coefficient (Wildman–Crippen LogP) is 11.1. The number of carbonyl (C=O) groups is 6. The summed E-state index contributed by atoms with van der Waals surface area (Å²) in [4.78, 5) is 93.5. The number of rotatable bonds is 8. The van der Waals surface area contributed by atoms with E-state index >= 15 is 0 Å². The summed E-state index contributed by atoms with van der Waals surface area (Å²) in [6, 6.07) is 17.3. The zero-order valence-corrected chi connectivity index (χ0v) is 59.8. The second kappa shape index (κ2) is 30.2. The summed E-state index contributed by atoms with van der Waals surface area (Å²) < 4.78 is 54.9. The number of fused-ring (bicyclic) bond motifs is 8. The number of aromatic nitrogens is 1. The van der Waals surface area contributed by atoms with Crippen molar-refractivity contribution in [2.75, 3.05) is 138 Å². The van der Waals surface area contributed by atoms with E-state index in [4.69, 9.17) is 29.9 Å². The Morgan fingerprint density at radius 3 is 1.64 bits per heavy atom. The molecule has 12 heterocycles. The lowest BCUT2D eigenvalue weighted by atomic mass is 9.73. The minimum Gasteiger partial charge on any atom is -0.450 e. The van der Waals surface area contributed by atoms with Crippen LogP contribution < -0.4 is 20.0 Å². The third-order valence-electron chi connectivity index (χ3n) is 24.4. The first kappa shape index (κ1) is 71.5. The molecule has 3 spiro atoms. The van der Waals surface area contributed by atoms with Gasteiger partial charge in [0.25, 0.3) is 0 Å². The van der Waals surface area contributed by atoms with E-state index in [-0.39, 0.29) is 88.8 Å². The lowest BCUT2D eigenvalue weighted by Crippen LogP contribution is -2.55. The van der Waals surface area contributed by atoms with Gasteiger partial charge in [-0.3, -0.25) is 14.5 Å². The SMILES string of the molecule is C#CCOC(=O)N1CCC(N2CCC3(CC2)CN(C(C)=O)c2ccc(C)cc23)CC1.CC(=O)N1CC2(CCN(CC3CCN(C(=O)O[C@@H]4CCOC4)CC3)CC2)c2cc(F)ccc21.CCOC(=O)N1C2CCC1CC(N1CCC3(CC1)CN(C(=O)Nc1c(C)noc1C)c1ccc(F)cc13)C2. The molecular formula is C77H101F2N11O11. The van der Waals surface area contributed by atoms with Crippen LogP contribution in [0.25, 0.3) is 0 Å². The Balaban J connectivity index is 0.000000137. The van der Waals surface area contributed by atoms with Gasteiger partial charge >= 0.3 is 24.3 Å². The molecule has 4 aromatic rings. The number of benzene rings is 3. The van der Waals surface area contributed by atoms with Gasteiger partial charge in [-0.2, -0.15) is 0 Å². The van der Waals surface area contributed by atoms with Crippen LogP contribution in [-0.4, -0.2) is 219 Å². The molecule has 0 saturated carbocycles. The van der Waals surface area contributed by atoms with Gasteiger partial charge in [-0.25, -0.2) is 28.0 Å². The Morgan fingerprint density at radius 2 is 1.12 bits per heavy atom. The smallest absolute Gasteiger partial charge is 0.410 e. The second-order valence-corrected chi connectivity index (χ2v) is 30.4. The number of hydrogen-bond donors (Lipinski definition) is 1. The maximum atomic E-state index is 14.5. The van der Waals surface area contributed by atoms with Crippen molar-refractivity contribution in [3.8, 4) is 12.3 Å². The van der Waals surface area contributed by atoms with Crippen LogP contribution in [0.5, 0.6) is 0 Å². The minimum atomic E-state index is -0.300. The number of urea groups is 1. The van der Waals surface area contributed by atoms with Gasteiger partial charge in [-0.15, -0.1) is 6.42 Å². The number of hydrogen-bond acceptors (Lipinski definition) is 15. The molecule has 544 valence electrons. The van der Waals surface area contributed by atoms with Crippen LogP contribution in [-0.2, 0) is 44.8 Å². The number of terminal acetylenes is 1. The number of amides is 7. The fourth-order valence-electron chi connectivity index (χ4n) is 18.8. The highest BCUT2D eigenvalue weighted by Gasteiger charge is 2.52. The molecule has 101 heavy (non-hydrogen) atoms. The standard InChI is InChI=1S/C28H36FN5O4.C25H34FN3O4.C24H31N3O3/c1-4-37-27(36)34-20-6-7-21(34)15-22(14-20)32-11-9-28(10-12-32)16-33(24-8-5-19(29)13-23(24)28)26(35)30-25-17(2)31-38-18(25)3;1-18(30)29-17-25(22-14-20(26)2-3-23(22)29)7-11-27(12-8-25)15-19-4-9-28(10-5-19)24(31)33-21-6-13-32-16-21;1-4-15-30-23(29)26-11-7-20(8-12-26)25-13-9-24(10-14-25)17-27(19(3)28)22-6-5-18(2)16-21(22)24/h5,8,13,20-22H,4,6-7,9-12,14-16H2,1-3H3,(H,30,35);2-3,14,19,21H,4-13,15-17H2,1H3;1,5-6,16,20H,7-15,17H2,2-3H3/t;21-;/m.1./s1. The monoisotopic (exact) mass is 1390 g/mol. The molecule has 15 rings (SSSR count). The molecule has 7 amide bonds. The van der Waals surface area contributed by atoms with E-state index < -0.39 is 0 Å². The Labute approximate surface area is 592 Å². The molecule has 11 aliphatic rings. The van der Waals surface area contributed by atoms with Crippen molar-refractivity contribution in [1.82, 2.24) is 34.6 Å². The average Bonchev–Trinajstić information content (AvgIpc) is 1.61. The summed E-state index contributed by atoms with van der Waals surface area (Å²) in [6.07, 6.45) is 18.8. The molecule has 3 aromatic carbocycles.